The zero-order chi connectivity index (χ0) is 10.5. The highest BCUT2D eigenvalue weighted by Crippen LogP contribution is 2.11. The maximum Gasteiger partial charge on any atom is 0.222 e. The number of rotatable bonds is 3. The molecular weight excluding hydrogens is 210 g/mol. The van der Waals surface area contributed by atoms with Crippen molar-refractivity contribution in [1.29, 1.82) is 0 Å². The molecule has 0 saturated carbocycles. The quantitative estimate of drug-likeness (QED) is 0.863. The van der Waals surface area contributed by atoms with Crippen molar-refractivity contribution >= 4 is 17.5 Å². The average Bonchev–Trinajstić information content (AvgIpc) is 2.28. The number of hydrogen-bond acceptors (Lipinski definition) is 3. The van der Waals surface area contributed by atoms with Crippen LogP contribution in [0.3, 0.4) is 0 Å². The summed E-state index contributed by atoms with van der Waals surface area (Å²) in [6.45, 7) is 0.671. The smallest absolute Gasteiger partial charge is 0.222 e. The predicted molar refractivity (Wildman–Crippen MR) is 60.8 cm³/mol. The van der Waals surface area contributed by atoms with Gasteiger partial charge in [0.2, 0.25) is 5.95 Å². The Bertz CT molecular complexity index is 431. The lowest BCUT2D eigenvalue weighted by Gasteiger charge is -2.04. The summed E-state index contributed by atoms with van der Waals surface area (Å²) in [7, 11) is 0. The van der Waals surface area contributed by atoms with Crippen molar-refractivity contribution in [1.82, 2.24) is 9.97 Å². The van der Waals surface area contributed by atoms with Crippen molar-refractivity contribution in [2.75, 3.05) is 5.32 Å². The van der Waals surface area contributed by atoms with Gasteiger partial charge in [-0.15, -0.1) is 0 Å². The number of nitrogens with zero attached hydrogens (tertiary/aromatic N) is 2. The summed E-state index contributed by atoms with van der Waals surface area (Å²) in [5, 5.41) is 3.85. The normalized spacial score (nSPS) is 9.93. The molecule has 76 valence electrons. The number of halogens is 1. The molecule has 4 heteroatoms. The van der Waals surface area contributed by atoms with Gasteiger partial charge < -0.3 is 5.32 Å². The van der Waals surface area contributed by atoms with Crippen LogP contribution < -0.4 is 5.32 Å². The Morgan fingerprint density at radius 3 is 2.67 bits per heavy atom. The SMILES string of the molecule is Clc1cccc(CNc2ncccn2)c1. The van der Waals surface area contributed by atoms with E-state index >= 15 is 0 Å². The van der Waals surface area contributed by atoms with E-state index in [9.17, 15) is 0 Å². The van der Waals surface area contributed by atoms with Crippen LogP contribution in [0.1, 0.15) is 5.56 Å². The lowest BCUT2D eigenvalue weighted by atomic mass is 10.2. The first-order chi connectivity index (χ1) is 7.34. The molecule has 0 aliphatic carbocycles. The topological polar surface area (TPSA) is 37.8 Å². The number of hydrogen-bond donors (Lipinski definition) is 1. The van der Waals surface area contributed by atoms with E-state index in [0.29, 0.717) is 12.5 Å². The van der Waals surface area contributed by atoms with E-state index in [1.165, 1.54) is 0 Å². The summed E-state index contributed by atoms with van der Waals surface area (Å²) in [5.74, 6) is 0.623. The van der Waals surface area contributed by atoms with Crippen LogP contribution in [0.4, 0.5) is 5.95 Å². The van der Waals surface area contributed by atoms with Crippen molar-refractivity contribution in [3.8, 4) is 0 Å². The van der Waals surface area contributed by atoms with E-state index in [4.69, 9.17) is 11.6 Å². The molecule has 1 heterocycles. The molecule has 0 aliphatic heterocycles. The first-order valence-corrected chi connectivity index (χ1v) is 4.98. The second-order valence-corrected chi connectivity index (χ2v) is 3.49. The van der Waals surface area contributed by atoms with Gasteiger partial charge in [-0.25, -0.2) is 9.97 Å². The summed E-state index contributed by atoms with van der Waals surface area (Å²) in [6, 6.07) is 9.47. The Balaban J connectivity index is 1.99. The third-order valence-corrected chi connectivity index (χ3v) is 2.14. The van der Waals surface area contributed by atoms with Crippen molar-refractivity contribution in [2.45, 2.75) is 6.54 Å². The van der Waals surface area contributed by atoms with E-state index in [2.05, 4.69) is 15.3 Å². The molecule has 1 aromatic carbocycles. The number of nitrogens with one attached hydrogen (secondary N) is 1. The molecule has 1 aromatic heterocycles. The zero-order valence-corrected chi connectivity index (χ0v) is 8.78. The predicted octanol–water partition coefficient (Wildman–Crippen LogP) is 2.74. The maximum absolute atomic E-state index is 5.87. The summed E-state index contributed by atoms with van der Waals surface area (Å²) >= 11 is 5.87. The molecule has 0 fully saturated rings. The molecule has 3 nitrogen and oxygen atoms in total. The van der Waals surface area contributed by atoms with E-state index < -0.39 is 0 Å². The molecule has 0 radical (unpaired) electrons. The van der Waals surface area contributed by atoms with E-state index in [0.717, 1.165) is 10.6 Å². The monoisotopic (exact) mass is 219 g/mol. The molecule has 0 atom stereocenters. The fraction of sp³-hybridized carbons (Fsp3) is 0.0909. The Hall–Kier alpha value is -1.61. The maximum atomic E-state index is 5.87. The molecule has 15 heavy (non-hydrogen) atoms. The Labute approximate surface area is 93.1 Å². The Morgan fingerprint density at radius 2 is 1.93 bits per heavy atom. The fourth-order valence-electron chi connectivity index (χ4n) is 1.22. The van der Waals surface area contributed by atoms with Crippen molar-refractivity contribution in [2.24, 2.45) is 0 Å². The van der Waals surface area contributed by atoms with Crippen LogP contribution in [0.15, 0.2) is 42.7 Å². The third-order valence-electron chi connectivity index (χ3n) is 1.91. The second-order valence-electron chi connectivity index (χ2n) is 3.06. The summed E-state index contributed by atoms with van der Waals surface area (Å²) in [5.41, 5.74) is 1.11. The van der Waals surface area contributed by atoms with E-state index in [-0.39, 0.29) is 0 Å². The Morgan fingerprint density at radius 1 is 1.13 bits per heavy atom. The highest BCUT2D eigenvalue weighted by atomic mass is 35.5. The van der Waals surface area contributed by atoms with Crippen molar-refractivity contribution < 1.29 is 0 Å². The van der Waals surface area contributed by atoms with Gasteiger partial charge in [0.05, 0.1) is 0 Å². The minimum atomic E-state index is 0.623. The summed E-state index contributed by atoms with van der Waals surface area (Å²) in [6.07, 6.45) is 3.40. The number of anilines is 1. The fourth-order valence-corrected chi connectivity index (χ4v) is 1.43. The molecule has 2 rings (SSSR count). The third kappa shape index (κ3) is 2.92. The standard InChI is InChI=1S/C11H10ClN3/c12-10-4-1-3-9(7-10)8-15-11-13-5-2-6-14-11/h1-7H,8H2,(H,13,14,15). The highest BCUT2D eigenvalue weighted by Gasteiger charge is 1.95. The first kappa shape index (κ1) is 9.93. The van der Waals surface area contributed by atoms with Gasteiger partial charge in [0.25, 0.3) is 0 Å². The summed E-state index contributed by atoms with van der Waals surface area (Å²) < 4.78 is 0. The van der Waals surface area contributed by atoms with Crippen molar-refractivity contribution in [3.63, 3.8) is 0 Å². The van der Waals surface area contributed by atoms with Gasteiger partial charge in [-0.05, 0) is 23.8 Å². The van der Waals surface area contributed by atoms with E-state index in [1.54, 1.807) is 18.5 Å². The van der Waals surface area contributed by atoms with Crippen LogP contribution >= 0.6 is 11.6 Å². The molecule has 1 N–H and O–H groups in total. The molecule has 0 spiro atoms. The molecule has 0 amide bonds. The molecule has 0 saturated heterocycles. The lowest BCUT2D eigenvalue weighted by Crippen LogP contribution is -2.02. The second kappa shape index (κ2) is 4.75. The zero-order valence-electron chi connectivity index (χ0n) is 8.02. The van der Waals surface area contributed by atoms with Crippen LogP contribution in [0, 0.1) is 0 Å². The van der Waals surface area contributed by atoms with Crippen LogP contribution in [-0.4, -0.2) is 9.97 Å². The average molecular weight is 220 g/mol. The minimum absolute atomic E-state index is 0.623. The van der Waals surface area contributed by atoms with Gasteiger partial charge >= 0.3 is 0 Å². The molecule has 0 aliphatic rings. The lowest BCUT2D eigenvalue weighted by molar-refractivity contribution is 1.05. The van der Waals surface area contributed by atoms with Crippen LogP contribution in [0.25, 0.3) is 0 Å². The first-order valence-electron chi connectivity index (χ1n) is 4.60. The minimum Gasteiger partial charge on any atom is -0.350 e. The molecule has 0 unspecified atom stereocenters. The highest BCUT2D eigenvalue weighted by molar-refractivity contribution is 6.30. The largest absolute Gasteiger partial charge is 0.350 e. The van der Waals surface area contributed by atoms with Crippen molar-refractivity contribution in [3.05, 3.63) is 53.3 Å². The van der Waals surface area contributed by atoms with Crippen LogP contribution in [0.5, 0.6) is 0 Å². The van der Waals surface area contributed by atoms with Gasteiger partial charge in [0.1, 0.15) is 0 Å². The van der Waals surface area contributed by atoms with Gasteiger partial charge in [-0.1, -0.05) is 23.7 Å². The van der Waals surface area contributed by atoms with E-state index in [1.807, 2.05) is 24.3 Å². The van der Waals surface area contributed by atoms with Crippen LogP contribution in [-0.2, 0) is 6.54 Å². The number of benzene rings is 1. The van der Waals surface area contributed by atoms with Gasteiger partial charge in [0, 0.05) is 24.0 Å². The van der Waals surface area contributed by atoms with Gasteiger partial charge in [-0.3, -0.25) is 0 Å². The van der Waals surface area contributed by atoms with Gasteiger partial charge in [-0.2, -0.15) is 0 Å². The van der Waals surface area contributed by atoms with Gasteiger partial charge in [0.15, 0.2) is 0 Å². The number of aromatic nitrogens is 2. The molecular formula is C11H10ClN3. The Kier molecular flexibility index (Phi) is 3.15. The van der Waals surface area contributed by atoms with Crippen LogP contribution in [0.2, 0.25) is 5.02 Å². The molecule has 0 bridgehead atoms. The molecule has 2 aromatic rings. The summed E-state index contributed by atoms with van der Waals surface area (Å²) in [4.78, 5) is 8.12.